The Morgan fingerprint density at radius 2 is 2.24 bits per heavy atom. The molecule has 0 aliphatic carbocycles. The molecule has 17 heavy (non-hydrogen) atoms. The molecule has 0 saturated carbocycles. The number of hydrogen-bond donors (Lipinski definition) is 2. The van der Waals surface area contributed by atoms with Crippen LogP contribution in [0.1, 0.15) is 18.9 Å². The Labute approximate surface area is 103 Å². The van der Waals surface area contributed by atoms with Crippen molar-refractivity contribution in [2.45, 2.75) is 19.9 Å². The molecule has 1 aromatic rings. The van der Waals surface area contributed by atoms with Crippen LogP contribution < -0.4 is 16.0 Å². The zero-order valence-electron chi connectivity index (χ0n) is 10.6. The van der Waals surface area contributed by atoms with Gasteiger partial charge in [0.05, 0.1) is 0 Å². The number of anilines is 1. The van der Waals surface area contributed by atoms with Crippen molar-refractivity contribution < 1.29 is 4.79 Å². The number of amides is 1. The summed E-state index contributed by atoms with van der Waals surface area (Å²) in [5.41, 5.74) is 7.80. The van der Waals surface area contributed by atoms with E-state index in [2.05, 4.69) is 16.3 Å². The Kier molecular flexibility index (Phi) is 5.49. The first kappa shape index (κ1) is 13.5. The Morgan fingerprint density at radius 3 is 2.88 bits per heavy atom. The zero-order valence-corrected chi connectivity index (χ0v) is 10.6. The van der Waals surface area contributed by atoms with E-state index in [1.54, 1.807) is 0 Å². The highest BCUT2D eigenvalue weighted by molar-refractivity contribution is 5.76. The van der Waals surface area contributed by atoms with Gasteiger partial charge in [-0.1, -0.05) is 12.1 Å². The zero-order chi connectivity index (χ0) is 12.7. The molecule has 0 aliphatic rings. The smallest absolute Gasteiger partial charge is 0.221 e. The van der Waals surface area contributed by atoms with Gasteiger partial charge in [-0.2, -0.15) is 0 Å². The molecule has 1 aromatic carbocycles. The van der Waals surface area contributed by atoms with Crippen molar-refractivity contribution in [2.24, 2.45) is 5.73 Å². The number of nitrogens with one attached hydrogen (secondary N) is 1. The number of benzene rings is 1. The lowest BCUT2D eigenvalue weighted by atomic mass is 10.2. The fourth-order valence-corrected chi connectivity index (χ4v) is 1.60. The third-order valence-electron chi connectivity index (χ3n) is 2.64. The molecule has 0 aliphatic heterocycles. The van der Waals surface area contributed by atoms with Crippen molar-refractivity contribution >= 4 is 11.6 Å². The average molecular weight is 235 g/mol. The van der Waals surface area contributed by atoms with Crippen LogP contribution in [0.4, 0.5) is 5.69 Å². The molecule has 94 valence electrons. The molecular weight excluding hydrogens is 214 g/mol. The van der Waals surface area contributed by atoms with E-state index >= 15 is 0 Å². The number of carbonyl (C=O) groups is 1. The molecule has 0 fully saturated rings. The van der Waals surface area contributed by atoms with Gasteiger partial charge in [-0.15, -0.1) is 0 Å². The van der Waals surface area contributed by atoms with E-state index < -0.39 is 0 Å². The van der Waals surface area contributed by atoms with E-state index in [-0.39, 0.29) is 5.91 Å². The minimum absolute atomic E-state index is 0.0920. The van der Waals surface area contributed by atoms with Gasteiger partial charge in [-0.3, -0.25) is 4.79 Å². The Hall–Kier alpha value is -1.55. The molecule has 0 spiro atoms. The summed E-state index contributed by atoms with van der Waals surface area (Å²) >= 11 is 0. The van der Waals surface area contributed by atoms with Crippen molar-refractivity contribution in [2.75, 3.05) is 25.0 Å². The fraction of sp³-hybridized carbons (Fsp3) is 0.462. The lowest BCUT2D eigenvalue weighted by molar-refractivity contribution is -0.120. The molecular formula is C13H21N3O. The summed E-state index contributed by atoms with van der Waals surface area (Å²) in [5.74, 6) is 0.0920. The van der Waals surface area contributed by atoms with Gasteiger partial charge in [0.15, 0.2) is 0 Å². The average Bonchev–Trinajstić information content (AvgIpc) is 2.36. The summed E-state index contributed by atoms with van der Waals surface area (Å²) in [5, 5.41) is 2.79. The first-order chi connectivity index (χ1) is 8.17. The van der Waals surface area contributed by atoms with Gasteiger partial charge in [0.2, 0.25) is 5.91 Å². The van der Waals surface area contributed by atoms with Crippen LogP contribution in [0.5, 0.6) is 0 Å². The predicted molar refractivity (Wildman–Crippen MR) is 70.9 cm³/mol. The van der Waals surface area contributed by atoms with E-state index in [1.807, 2.05) is 32.2 Å². The summed E-state index contributed by atoms with van der Waals surface area (Å²) in [6, 6.07) is 8.07. The topological polar surface area (TPSA) is 58.4 Å². The van der Waals surface area contributed by atoms with Crippen LogP contribution in [0.25, 0.3) is 0 Å². The predicted octanol–water partition coefficient (Wildman–Crippen LogP) is 1.11. The molecule has 0 unspecified atom stereocenters. The molecule has 0 heterocycles. The van der Waals surface area contributed by atoms with Crippen molar-refractivity contribution in [3.05, 3.63) is 29.8 Å². The lowest BCUT2D eigenvalue weighted by Gasteiger charge is -2.19. The summed E-state index contributed by atoms with van der Waals surface area (Å²) in [4.78, 5) is 13.4. The SMILES string of the molecule is CCNC(=O)CCN(C)c1cccc(CN)c1. The van der Waals surface area contributed by atoms with Crippen molar-refractivity contribution in [3.8, 4) is 0 Å². The second kappa shape index (κ2) is 6.91. The molecule has 0 radical (unpaired) electrons. The number of carbonyl (C=O) groups excluding carboxylic acids is 1. The minimum atomic E-state index is 0.0920. The first-order valence-electron chi connectivity index (χ1n) is 5.94. The van der Waals surface area contributed by atoms with Gasteiger partial charge >= 0.3 is 0 Å². The van der Waals surface area contributed by atoms with Gasteiger partial charge in [0, 0.05) is 38.8 Å². The Balaban J connectivity index is 2.51. The Bertz CT molecular complexity index is 365. The van der Waals surface area contributed by atoms with Crippen LogP contribution in [-0.4, -0.2) is 26.0 Å². The second-order valence-corrected chi connectivity index (χ2v) is 4.00. The van der Waals surface area contributed by atoms with Crippen LogP contribution >= 0.6 is 0 Å². The van der Waals surface area contributed by atoms with E-state index in [0.29, 0.717) is 26.1 Å². The molecule has 0 saturated heterocycles. The quantitative estimate of drug-likeness (QED) is 0.776. The van der Waals surface area contributed by atoms with Gasteiger partial charge < -0.3 is 16.0 Å². The molecule has 3 N–H and O–H groups in total. The van der Waals surface area contributed by atoms with Gasteiger partial charge in [-0.25, -0.2) is 0 Å². The van der Waals surface area contributed by atoms with E-state index in [1.165, 1.54) is 0 Å². The highest BCUT2D eigenvalue weighted by atomic mass is 16.1. The van der Waals surface area contributed by atoms with Gasteiger partial charge in [-0.05, 0) is 24.6 Å². The number of nitrogens with zero attached hydrogens (tertiary/aromatic N) is 1. The molecule has 0 aromatic heterocycles. The normalized spacial score (nSPS) is 10.1. The standard InChI is InChI=1S/C13H21N3O/c1-3-15-13(17)7-8-16(2)12-6-4-5-11(9-12)10-14/h4-6,9H,3,7-8,10,14H2,1-2H3,(H,15,17). The summed E-state index contributed by atoms with van der Waals surface area (Å²) in [7, 11) is 1.98. The molecule has 1 rings (SSSR count). The summed E-state index contributed by atoms with van der Waals surface area (Å²) in [6.45, 7) is 3.86. The molecule has 4 heteroatoms. The van der Waals surface area contributed by atoms with Gasteiger partial charge in [0.25, 0.3) is 0 Å². The van der Waals surface area contributed by atoms with Crippen LogP contribution in [0, 0.1) is 0 Å². The maximum atomic E-state index is 11.3. The third kappa shape index (κ3) is 4.44. The maximum absolute atomic E-state index is 11.3. The third-order valence-corrected chi connectivity index (χ3v) is 2.64. The van der Waals surface area contributed by atoms with Crippen LogP contribution in [-0.2, 0) is 11.3 Å². The van der Waals surface area contributed by atoms with Crippen molar-refractivity contribution in [1.82, 2.24) is 5.32 Å². The summed E-state index contributed by atoms with van der Waals surface area (Å²) < 4.78 is 0. The first-order valence-corrected chi connectivity index (χ1v) is 5.94. The van der Waals surface area contributed by atoms with E-state index in [9.17, 15) is 4.79 Å². The molecule has 0 bridgehead atoms. The molecule has 1 amide bonds. The summed E-state index contributed by atoms with van der Waals surface area (Å²) in [6.07, 6.45) is 0.511. The fourth-order valence-electron chi connectivity index (χ4n) is 1.60. The number of hydrogen-bond acceptors (Lipinski definition) is 3. The highest BCUT2D eigenvalue weighted by Crippen LogP contribution is 2.14. The van der Waals surface area contributed by atoms with E-state index in [4.69, 9.17) is 5.73 Å². The largest absolute Gasteiger partial charge is 0.374 e. The molecule has 0 atom stereocenters. The monoisotopic (exact) mass is 235 g/mol. The van der Waals surface area contributed by atoms with Crippen LogP contribution in [0.3, 0.4) is 0 Å². The van der Waals surface area contributed by atoms with Crippen LogP contribution in [0.2, 0.25) is 0 Å². The lowest BCUT2D eigenvalue weighted by Crippen LogP contribution is -2.28. The highest BCUT2D eigenvalue weighted by Gasteiger charge is 2.04. The van der Waals surface area contributed by atoms with Crippen molar-refractivity contribution in [3.63, 3.8) is 0 Å². The Morgan fingerprint density at radius 1 is 1.47 bits per heavy atom. The van der Waals surface area contributed by atoms with Gasteiger partial charge in [0.1, 0.15) is 0 Å². The second-order valence-electron chi connectivity index (χ2n) is 4.00. The van der Waals surface area contributed by atoms with Crippen molar-refractivity contribution in [1.29, 1.82) is 0 Å². The maximum Gasteiger partial charge on any atom is 0.221 e. The van der Waals surface area contributed by atoms with Crippen LogP contribution in [0.15, 0.2) is 24.3 Å². The minimum Gasteiger partial charge on any atom is -0.374 e. The number of rotatable bonds is 6. The van der Waals surface area contributed by atoms with E-state index in [0.717, 1.165) is 11.3 Å². The number of nitrogens with two attached hydrogens (primary N) is 1. The molecule has 4 nitrogen and oxygen atoms in total.